The molecule has 0 saturated carbocycles. The molecule has 142 valence electrons. The summed E-state index contributed by atoms with van der Waals surface area (Å²) < 4.78 is 17.6. The van der Waals surface area contributed by atoms with Gasteiger partial charge >= 0.3 is 5.97 Å². The summed E-state index contributed by atoms with van der Waals surface area (Å²) in [5, 5.41) is 5.14. The van der Waals surface area contributed by atoms with Crippen LogP contribution in [0.4, 0.5) is 10.1 Å². The van der Waals surface area contributed by atoms with Gasteiger partial charge in [-0.15, -0.1) is 0 Å². The Balaban J connectivity index is 1.79. The fourth-order valence-corrected chi connectivity index (χ4v) is 2.59. The molecule has 0 aliphatic rings. The van der Waals surface area contributed by atoms with Gasteiger partial charge in [-0.25, -0.2) is 9.18 Å². The number of esters is 1. The lowest BCUT2D eigenvalue weighted by Gasteiger charge is -2.13. The Kier molecular flexibility index (Phi) is 6.65. The van der Waals surface area contributed by atoms with Crippen LogP contribution in [0.25, 0.3) is 0 Å². The lowest BCUT2D eigenvalue weighted by atomic mass is 10.1. The fourth-order valence-electron chi connectivity index (χ4n) is 2.59. The minimum atomic E-state index is -0.750. The van der Waals surface area contributed by atoms with Gasteiger partial charge in [0, 0.05) is 5.69 Å². The van der Waals surface area contributed by atoms with Gasteiger partial charge in [-0.1, -0.05) is 17.7 Å². The zero-order valence-corrected chi connectivity index (χ0v) is 15.4. The number of ether oxygens (including phenoxy) is 1. The van der Waals surface area contributed by atoms with Gasteiger partial charge in [-0.2, -0.15) is 0 Å². The third kappa shape index (κ3) is 5.91. The number of anilines is 1. The quantitative estimate of drug-likeness (QED) is 0.764. The maximum absolute atomic E-state index is 12.8. The predicted octanol–water partition coefficient (Wildman–Crippen LogP) is 2.66. The van der Waals surface area contributed by atoms with E-state index in [1.807, 2.05) is 32.9 Å². The van der Waals surface area contributed by atoms with Crippen molar-refractivity contribution < 1.29 is 23.5 Å². The minimum Gasteiger partial charge on any atom is -0.452 e. The van der Waals surface area contributed by atoms with Crippen molar-refractivity contribution in [1.82, 2.24) is 5.32 Å². The number of hydrogen-bond donors (Lipinski definition) is 2. The summed E-state index contributed by atoms with van der Waals surface area (Å²) >= 11 is 0. The Morgan fingerprint density at radius 2 is 1.56 bits per heavy atom. The van der Waals surface area contributed by atoms with Gasteiger partial charge in [0.15, 0.2) is 6.61 Å². The highest BCUT2D eigenvalue weighted by Crippen LogP contribution is 2.21. The van der Waals surface area contributed by atoms with Crippen molar-refractivity contribution in [3.05, 3.63) is 64.5 Å². The van der Waals surface area contributed by atoms with Crippen molar-refractivity contribution in [3.8, 4) is 0 Å². The molecule has 2 N–H and O–H groups in total. The summed E-state index contributed by atoms with van der Waals surface area (Å²) in [6.07, 6.45) is 0. The molecule has 2 aromatic rings. The largest absolute Gasteiger partial charge is 0.452 e. The molecular formula is C20H21FN2O4. The maximum atomic E-state index is 12.8. The Bertz CT molecular complexity index is 840. The van der Waals surface area contributed by atoms with Crippen LogP contribution in [0.2, 0.25) is 0 Å². The van der Waals surface area contributed by atoms with Crippen molar-refractivity contribution in [2.24, 2.45) is 0 Å². The molecule has 27 heavy (non-hydrogen) atoms. The SMILES string of the molecule is Cc1cc(C)c(NC(=O)CNC(=O)COC(=O)c2ccc(F)cc2)c(C)c1. The van der Waals surface area contributed by atoms with E-state index in [1.165, 1.54) is 12.1 Å². The molecule has 0 aliphatic carbocycles. The smallest absolute Gasteiger partial charge is 0.338 e. The summed E-state index contributed by atoms with van der Waals surface area (Å²) in [6, 6.07) is 8.67. The van der Waals surface area contributed by atoms with E-state index in [1.54, 1.807) is 0 Å². The first-order valence-electron chi connectivity index (χ1n) is 8.33. The number of nitrogens with one attached hydrogen (secondary N) is 2. The van der Waals surface area contributed by atoms with Crippen LogP contribution in [-0.2, 0) is 14.3 Å². The Hall–Kier alpha value is -3.22. The molecule has 0 atom stereocenters. The summed E-state index contributed by atoms with van der Waals surface area (Å²) in [5.41, 5.74) is 3.80. The molecule has 6 nitrogen and oxygen atoms in total. The summed E-state index contributed by atoms with van der Waals surface area (Å²) in [6.45, 7) is 4.97. The van der Waals surface area contributed by atoms with Gasteiger partial charge in [0.2, 0.25) is 5.91 Å². The highest BCUT2D eigenvalue weighted by molar-refractivity contribution is 5.96. The Morgan fingerprint density at radius 3 is 2.15 bits per heavy atom. The third-order valence-corrected chi connectivity index (χ3v) is 3.80. The van der Waals surface area contributed by atoms with E-state index in [4.69, 9.17) is 4.74 Å². The number of benzene rings is 2. The predicted molar refractivity (Wildman–Crippen MR) is 99.0 cm³/mol. The zero-order chi connectivity index (χ0) is 20.0. The van der Waals surface area contributed by atoms with Crippen LogP contribution in [0, 0.1) is 26.6 Å². The van der Waals surface area contributed by atoms with Crippen LogP contribution < -0.4 is 10.6 Å². The average Bonchev–Trinajstić information content (AvgIpc) is 2.61. The first kappa shape index (κ1) is 20.1. The van der Waals surface area contributed by atoms with Gasteiger partial charge in [0.1, 0.15) is 5.82 Å². The van der Waals surface area contributed by atoms with Gasteiger partial charge < -0.3 is 15.4 Å². The molecule has 0 unspecified atom stereocenters. The first-order chi connectivity index (χ1) is 12.8. The molecule has 0 fully saturated rings. The van der Waals surface area contributed by atoms with Gasteiger partial charge in [-0.3, -0.25) is 9.59 Å². The minimum absolute atomic E-state index is 0.132. The normalized spacial score (nSPS) is 10.2. The van der Waals surface area contributed by atoms with Gasteiger partial charge in [0.25, 0.3) is 5.91 Å². The number of hydrogen-bond acceptors (Lipinski definition) is 4. The molecule has 0 aliphatic heterocycles. The summed E-state index contributed by atoms with van der Waals surface area (Å²) in [7, 11) is 0. The molecule has 2 amide bonds. The second-order valence-electron chi connectivity index (χ2n) is 6.18. The van der Waals surface area contributed by atoms with Crippen LogP contribution in [0.1, 0.15) is 27.0 Å². The fraction of sp³-hybridized carbons (Fsp3) is 0.250. The van der Waals surface area contributed by atoms with E-state index >= 15 is 0 Å². The molecule has 0 spiro atoms. The summed E-state index contributed by atoms with van der Waals surface area (Å²) in [5.74, 6) is -2.23. The zero-order valence-electron chi connectivity index (χ0n) is 15.4. The van der Waals surface area contributed by atoms with E-state index in [2.05, 4.69) is 10.6 Å². The molecule has 0 bridgehead atoms. The van der Waals surface area contributed by atoms with E-state index in [-0.39, 0.29) is 18.0 Å². The van der Waals surface area contributed by atoms with Crippen molar-refractivity contribution >= 4 is 23.5 Å². The van der Waals surface area contributed by atoms with E-state index in [0.29, 0.717) is 5.69 Å². The lowest BCUT2D eigenvalue weighted by molar-refractivity contribution is -0.126. The standard InChI is InChI=1S/C20H21FN2O4/c1-12-8-13(2)19(14(3)9-12)23-17(24)10-22-18(25)11-27-20(26)15-4-6-16(21)7-5-15/h4-9H,10-11H2,1-3H3,(H,22,25)(H,23,24). The monoisotopic (exact) mass is 372 g/mol. The van der Waals surface area contributed by atoms with Crippen LogP contribution >= 0.6 is 0 Å². The van der Waals surface area contributed by atoms with Crippen molar-refractivity contribution in [1.29, 1.82) is 0 Å². The lowest BCUT2D eigenvalue weighted by Crippen LogP contribution is -2.35. The topological polar surface area (TPSA) is 84.5 Å². The molecule has 2 rings (SSSR count). The molecule has 0 aromatic heterocycles. The number of aryl methyl sites for hydroxylation is 3. The molecule has 0 saturated heterocycles. The number of carbonyl (C=O) groups is 3. The molecule has 0 heterocycles. The number of halogens is 1. The average molecular weight is 372 g/mol. The van der Waals surface area contributed by atoms with Crippen LogP contribution in [0.3, 0.4) is 0 Å². The third-order valence-electron chi connectivity index (χ3n) is 3.80. The van der Waals surface area contributed by atoms with Gasteiger partial charge in [0.05, 0.1) is 12.1 Å². The number of rotatable bonds is 6. The first-order valence-corrected chi connectivity index (χ1v) is 8.33. The summed E-state index contributed by atoms with van der Waals surface area (Å²) in [4.78, 5) is 35.5. The maximum Gasteiger partial charge on any atom is 0.338 e. The van der Waals surface area contributed by atoms with E-state index in [9.17, 15) is 18.8 Å². The molecule has 0 radical (unpaired) electrons. The van der Waals surface area contributed by atoms with E-state index in [0.717, 1.165) is 28.8 Å². The van der Waals surface area contributed by atoms with Crippen molar-refractivity contribution in [3.63, 3.8) is 0 Å². The van der Waals surface area contributed by atoms with Crippen LogP contribution in [-0.4, -0.2) is 30.9 Å². The highest BCUT2D eigenvalue weighted by Gasteiger charge is 2.12. The van der Waals surface area contributed by atoms with Crippen molar-refractivity contribution in [2.75, 3.05) is 18.5 Å². The Morgan fingerprint density at radius 1 is 0.963 bits per heavy atom. The van der Waals surface area contributed by atoms with Crippen molar-refractivity contribution in [2.45, 2.75) is 20.8 Å². The highest BCUT2D eigenvalue weighted by atomic mass is 19.1. The number of amides is 2. The van der Waals surface area contributed by atoms with E-state index < -0.39 is 24.3 Å². The molecular weight excluding hydrogens is 351 g/mol. The number of carbonyl (C=O) groups excluding carboxylic acids is 3. The van der Waals surface area contributed by atoms with Gasteiger partial charge in [-0.05, 0) is 56.2 Å². The van der Waals surface area contributed by atoms with Crippen LogP contribution in [0.15, 0.2) is 36.4 Å². The Labute approximate surface area is 156 Å². The second kappa shape index (κ2) is 8.93. The second-order valence-corrected chi connectivity index (χ2v) is 6.18. The molecule has 2 aromatic carbocycles. The van der Waals surface area contributed by atoms with Crippen LogP contribution in [0.5, 0.6) is 0 Å². The molecule has 7 heteroatoms.